The standard InChI is InChI=1S/C91H78N2O2Si2/c1-96(2,3)79-50-40-66(41-51-79)88-61-69-58-77(94-75-25-15-9-16-26-75)48-55-86(69)92(88)73-44-34-63(35-45-73)31-32-65-38-54-83-84(57-65)91(71-21-11-7-12-22-71,72-23-13-8-14-24-72)85-60-68(81-29-19-20-30-82(81)90(83)85)39-33-64-36-46-74(47-37-64)93-87-56-49-78(95-76-27-17-10-18-28-76)59-70(87)62-89(93)67-42-52-80(53-43-67)97(4,5)6/h7-60,88-89H,61-62H2,1-6H3/b32-31+,39-33+. The van der Waals surface area contributed by atoms with Crippen molar-refractivity contribution in [1.82, 2.24) is 0 Å². The third-order valence-corrected chi connectivity index (χ3v) is 24.4. The summed E-state index contributed by atoms with van der Waals surface area (Å²) in [5, 5.41) is 5.41. The van der Waals surface area contributed by atoms with E-state index in [0.29, 0.717) is 0 Å². The molecule has 0 radical (unpaired) electrons. The minimum Gasteiger partial charge on any atom is -0.457 e. The lowest BCUT2D eigenvalue weighted by molar-refractivity contribution is 0.482. The Balaban J connectivity index is 0.731. The molecule has 13 aromatic rings. The number of rotatable bonds is 16. The van der Waals surface area contributed by atoms with Crippen LogP contribution in [-0.2, 0) is 18.3 Å². The molecule has 2 heterocycles. The number of benzene rings is 13. The zero-order chi connectivity index (χ0) is 65.8. The van der Waals surface area contributed by atoms with Gasteiger partial charge in [-0.15, -0.1) is 0 Å². The van der Waals surface area contributed by atoms with E-state index in [9.17, 15) is 0 Å². The zero-order valence-electron chi connectivity index (χ0n) is 56.0. The first kappa shape index (κ1) is 61.1. The van der Waals surface area contributed by atoms with Gasteiger partial charge in [0.25, 0.3) is 0 Å². The van der Waals surface area contributed by atoms with Gasteiger partial charge in [-0.25, -0.2) is 0 Å². The number of fused-ring (bicyclic) bond motifs is 7. The second kappa shape index (κ2) is 25.1. The molecule has 472 valence electrons. The molecule has 0 spiro atoms. The van der Waals surface area contributed by atoms with Crippen LogP contribution in [0.5, 0.6) is 23.0 Å². The van der Waals surface area contributed by atoms with Crippen LogP contribution in [0.25, 0.3) is 46.2 Å². The van der Waals surface area contributed by atoms with Gasteiger partial charge in [-0.2, -0.15) is 0 Å². The lowest BCUT2D eigenvalue weighted by Crippen LogP contribution is -2.37. The molecule has 6 heteroatoms. The first-order valence-electron chi connectivity index (χ1n) is 34.2. The Morgan fingerprint density at radius 3 is 1.23 bits per heavy atom. The molecule has 0 N–H and O–H groups in total. The molecular formula is C91H78N2O2Si2. The monoisotopic (exact) mass is 1290 g/mol. The van der Waals surface area contributed by atoms with Crippen LogP contribution in [0.3, 0.4) is 0 Å². The normalized spacial score (nSPS) is 15.4. The second-order valence-corrected chi connectivity index (χ2v) is 38.6. The maximum atomic E-state index is 6.39. The van der Waals surface area contributed by atoms with E-state index in [0.717, 1.165) is 58.2 Å². The summed E-state index contributed by atoms with van der Waals surface area (Å²) in [6.07, 6.45) is 11.0. The van der Waals surface area contributed by atoms with Gasteiger partial charge in [0.15, 0.2) is 0 Å². The Morgan fingerprint density at radius 2 is 0.763 bits per heavy atom. The molecule has 0 bridgehead atoms. The highest BCUT2D eigenvalue weighted by atomic mass is 28.3. The van der Waals surface area contributed by atoms with E-state index >= 15 is 0 Å². The van der Waals surface area contributed by atoms with Crippen LogP contribution in [0.15, 0.2) is 303 Å². The molecule has 16 rings (SSSR count). The molecule has 13 aromatic carbocycles. The van der Waals surface area contributed by atoms with Gasteiger partial charge in [0.1, 0.15) is 23.0 Å². The zero-order valence-corrected chi connectivity index (χ0v) is 58.0. The van der Waals surface area contributed by atoms with E-state index < -0.39 is 21.6 Å². The van der Waals surface area contributed by atoms with Crippen molar-refractivity contribution in [3.63, 3.8) is 0 Å². The van der Waals surface area contributed by atoms with E-state index in [1.54, 1.807) is 0 Å². The number of anilines is 4. The maximum Gasteiger partial charge on any atom is 0.127 e. The number of hydrogen-bond donors (Lipinski definition) is 0. The average Bonchev–Trinajstić information content (AvgIpc) is 1.54. The summed E-state index contributed by atoms with van der Waals surface area (Å²) >= 11 is 0. The molecule has 97 heavy (non-hydrogen) atoms. The van der Waals surface area contributed by atoms with Crippen molar-refractivity contribution in [3.8, 4) is 34.1 Å². The van der Waals surface area contributed by atoms with Crippen molar-refractivity contribution < 1.29 is 9.47 Å². The minimum atomic E-state index is -1.48. The molecule has 0 saturated heterocycles. The topological polar surface area (TPSA) is 24.9 Å². The van der Waals surface area contributed by atoms with Gasteiger partial charge in [0, 0.05) is 22.7 Å². The van der Waals surface area contributed by atoms with Gasteiger partial charge in [-0.3, -0.25) is 0 Å². The SMILES string of the molecule is C[Si](C)(C)c1ccc(C2Cc3cc(Oc4ccccc4)ccc3N2c2ccc(/C=C/c3ccc4c(c3)C(c3ccccc3)(c3ccccc3)c3cc(/C=C/c5ccc(N6c7ccc(Oc8ccccc8)cc7CC6c6ccc([Si](C)(C)C)cc6)cc5)c5ccccc5c3-4)cc2)cc1. The summed E-state index contributed by atoms with van der Waals surface area (Å²) in [6, 6.07) is 112. The first-order valence-corrected chi connectivity index (χ1v) is 41.2. The fourth-order valence-corrected chi connectivity index (χ4v) is 17.6. The molecule has 0 fully saturated rings. The third kappa shape index (κ3) is 11.6. The van der Waals surface area contributed by atoms with Crippen molar-refractivity contribution >= 4 is 84.3 Å². The highest BCUT2D eigenvalue weighted by Crippen LogP contribution is 2.59. The first-order chi connectivity index (χ1) is 47.3. The van der Waals surface area contributed by atoms with Crippen molar-refractivity contribution in [2.24, 2.45) is 0 Å². The van der Waals surface area contributed by atoms with Crippen LogP contribution in [0.4, 0.5) is 22.7 Å². The lowest BCUT2D eigenvalue weighted by atomic mass is 9.67. The Bertz CT molecular complexity index is 5060. The van der Waals surface area contributed by atoms with Crippen molar-refractivity contribution in [2.45, 2.75) is 69.6 Å². The van der Waals surface area contributed by atoms with Gasteiger partial charge in [0.05, 0.1) is 33.6 Å². The molecule has 2 unspecified atom stereocenters. The fourth-order valence-electron chi connectivity index (χ4n) is 15.3. The van der Waals surface area contributed by atoms with Gasteiger partial charge in [-0.05, 0) is 199 Å². The molecule has 3 aliphatic rings. The smallest absolute Gasteiger partial charge is 0.127 e. The van der Waals surface area contributed by atoms with Crippen molar-refractivity contribution in [3.05, 3.63) is 370 Å². The third-order valence-electron chi connectivity index (χ3n) is 20.2. The van der Waals surface area contributed by atoms with Crippen molar-refractivity contribution in [2.75, 3.05) is 9.80 Å². The molecule has 0 aromatic heterocycles. The summed E-state index contributed by atoms with van der Waals surface area (Å²) in [6.45, 7) is 14.5. The average molecular weight is 1290 g/mol. The van der Waals surface area contributed by atoms with Gasteiger partial charge in [0.2, 0.25) is 0 Å². The number of hydrogen-bond acceptors (Lipinski definition) is 4. The van der Waals surface area contributed by atoms with E-state index in [-0.39, 0.29) is 12.1 Å². The largest absolute Gasteiger partial charge is 0.457 e. The molecule has 0 saturated carbocycles. The van der Waals surface area contributed by atoms with Crippen LogP contribution >= 0.6 is 0 Å². The summed E-state index contributed by atoms with van der Waals surface area (Å²) < 4.78 is 12.8. The van der Waals surface area contributed by atoms with E-state index in [1.807, 2.05) is 60.7 Å². The maximum absolute atomic E-state index is 6.39. The highest BCUT2D eigenvalue weighted by molar-refractivity contribution is 6.89. The van der Waals surface area contributed by atoms with E-state index in [1.165, 1.54) is 99.4 Å². The number of para-hydroxylation sites is 2. The van der Waals surface area contributed by atoms with Crippen LogP contribution < -0.4 is 29.6 Å². The highest BCUT2D eigenvalue weighted by Gasteiger charge is 2.47. The minimum absolute atomic E-state index is 0.134. The molecule has 2 atom stereocenters. The molecule has 2 aliphatic heterocycles. The Labute approximate surface area is 573 Å². The quantitative estimate of drug-likeness (QED) is 0.0711. The number of nitrogens with zero attached hydrogens (tertiary/aromatic N) is 2. The Morgan fingerprint density at radius 1 is 0.351 bits per heavy atom. The lowest BCUT2D eigenvalue weighted by Gasteiger charge is -2.34. The van der Waals surface area contributed by atoms with Gasteiger partial charge in [-0.1, -0.05) is 280 Å². The van der Waals surface area contributed by atoms with Crippen LogP contribution in [0, 0.1) is 0 Å². The van der Waals surface area contributed by atoms with E-state index in [4.69, 9.17) is 9.47 Å². The summed E-state index contributed by atoms with van der Waals surface area (Å²) in [5.41, 5.74) is 21.5. The van der Waals surface area contributed by atoms with Gasteiger partial charge < -0.3 is 19.3 Å². The van der Waals surface area contributed by atoms with Crippen molar-refractivity contribution in [1.29, 1.82) is 0 Å². The summed E-state index contributed by atoms with van der Waals surface area (Å²) in [4.78, 5) is 5.06. The van der Waals surface area contributed by atoms with Crippen LogP contribution in [0.2, 0.25) is 39.3 Å². The predicted molar refractivity (Wildman–Crippen MR) is 414 cm³/mol. The fraction of sp³-hybridized carbons (Fsp3) is 0.121. The summed E-state index contributed by atoms with van der Waals surface area (Å²) in [7, 11) is -2.96. The summed E-state index contributed by atoms with van der Waals surface area (Å²) in [5.74, 6) is 3.39. The van der Waals surface area contributed by atoms with Gasteiger partial charge >= 0.3 is 0 Å². The molecule has 0 amide bonds. The number of ether oxygens (including phenoxy) is 2. The Kier molecular flexibility index (Phi) is 15.8. The predicted octanol–water partition coefficient (Wildman–Crippen LogP) is 23.1. The molecule has 4 nitrogen and oxygen atoms in total. The van der Waals surface area contributed by atoms with Crippen LogP contribution in [0.1, 0.15) is 78.8 Å². The second-order valence-electron chi connectivity index (χ2n) is 28.4. The Hall–Kier alpha value is -10.8. The molecular weight excluding hydrogens is 1210 g/mol. The van der Waals surface area contributed by atoms with Crippen LogP contribution in [-0.4, -0.2) is 16.1 Å². The molecule has 1 aliphatic carbocycles. The van der Waals surface area contributed by atoms with E-state index in [2.05, 4.69) is 316 Å².